The molecular formula is C12H20O6. The van der Waals surface area contributed by atoms with Crippen LogP contribution in [0.1, 0.15) is 6.92 Å². The monoisotopic (exact) mass is 260 g/mol. The Hall–Kier alpha value is -0.950. The first-order chi connectivity index (χ1) is 8.61. The zero-order chi connectivity index (χ0) is 13.4. The maximum absolute atomic E-state index is 10.7. The van der Waals surface area contributed by atoms with Gasteiger partial charge < -0.3 is 24.1 Å². The van der Waals surface area contributed by atoms with Gasteiger partial charge in [0.2, 0.25) is 0 Å². The van der Waals surface area contributed by atoms with Gasteiger partial charge in [0.25, 0.3) is 0 Å². The fraction of sp³-hybridized carbons (Fsp3) is 0.750. The van der Waals surface area contributed by atoms with E-state index in [1.165, 1.54) is 0 Å². The van der Waals surface area contributed by atoms with Gasteiger partial charge in [-0.15, -0.1) is 0 Å². The van der Waals surface area contributed by atoms with Gasteiger partial charge in [0.1, 0.15) is 18.8 Å². The second kappa shape index (κ2) is 8.20. The molecule has 0 radical (unpaired) electrons. The summed E-state index contributed by atoms with van der Waals surface area (Å²) in [5.74, 6) is -0.560. The average molecular weight is 260 g/mol. The highest BCUT2D eigenvalue weighted by Crippen LogP contribution is 2.08. The van der Waals surface area contributed by atoms with Crippen molar-refractivity contribution in [2.24, 2.45) is 0 Å². The van der Waals surface area contributed by atoms with E-state index in [4.69, 9.17) is 14.2 Å². The number of hydrogen-bond acceptors (Lipinski definition) is 6. The van der Waals surface area contributed by atoms with Crippen molar-refractivity contribution < 1.29 is 28.8 Å². The first-order valence-electron chi connectivity index (χ1n) is 5.90. The normalized spacial score (nSPS) is 21.1. The standard InChI is InChI=1S/C12H20O6/c1-3-12(14)18-6-10(13)5-16-9(2)4-15-7-11-8-17-11/h3,9-11,13H,1,4-8H2,2H3. The number of carbonyl (C=O) groups is 1. The summed E-state index contributed by atoms with van der Waals surface area (Å²) in [4.78, 5) is 10.7. The lowest BCUT2D eigenvalue weighted by molar-refractivity contribution is -0.142. The van der Waals surface area contributed by atoms with E-state index in [0.717, 1.165) is 12.7 Å². The Morgan fingerprint density at radius 3 is 2.89 bits per heavy atom. The summed E-state index contributed by atoms with van der Waals surface area (Å²) >= 11 is 0. The molecule has 1 heterocycles. The second-order valence-corrected chi connectivity index (χ2v) is 4.12. The maximum Gasteiger partial charge on any atom is 0.330 e. The largest absolute Gasteiger partial charge is 0.460 e. The Labute approximate surface area is 106 Å². The number of esters is 1. The van der Waals surface area contributed by atoms with Crippen LogP contribution in [0.5, 0.6) is 0 Å². The van der Waals surface area contributed by atoms with E-state index >= 15 is 0 Å². The summed E-state index contributed by atoms with van der Waals surface area (Å²) in [6.45, 7) is 6.87. The van der Waals surface area contributed by atoms with Gasteiger partial charge >= 0.3 is 5.97 Å². The van der Waals surface area contributed by atoms with Crippen LogP contribution in [-0.2, 0) is 23.7 Å². The molecule has 0 aromatic heterocycles. The number of carbonyl (C=O) groups excluding carboxylic acids is 1. The predicted octanol–water partition coefficient (Wildman–Crippen LogP) is -0.103. The van der Waals surface area contributed by atoms with Crippen LogP contribution in [0, 0.1) is 0 Å². The number of ether oxygens (including phenoxy) is 4. The highest BCUT2D eigenvalue weighted by Gasteiger charge is 2.22. The van der Waals surface area contributed by atoms with Gasteiger partial charge in [-0.25, -0.2) is 4.79 Å². The lowest BCUT2D eigenvalue weighted by atomic mass is 10.4. The third-order valence-corrected chi connectivity index (χ3v) is 2.22. The summed E-state index contributed by atoms with van der Waals surface area (Å²) < 4.78 is 20.3. The molecule has 3 atom stereocenters. The maximum atomic E-state index is 10.7. The van der Waals surface area contributed by atoms with E-state index in [0.29, 0.717) is 13.2 Å². The molecule has 1 aliphatic rings. The Bertz CT molecular complexity index is 263. The van der Waals surface area contributed by atoms with Crippen molar-refractivity contribution in [2.45, 2.75) is 25.2 Å². The average Bonchev–Trinajstić information content (AvgIpc) is 3.17. The fourth-order valence-corrected chi connectivity index (χ4v) is 1.14. The van der Waals surface area contributed by atoms with Gasteiger partial charge in [-0.05, 0) is 6.92 Å². The first kappa shape index (κ1) is 15.1. The number of epoxide rings is 1. The molecule has 0 aromatic rings. The van der Waals surface area contributed by atoms with Gasteiger partial charge in [0.15, 0.2) is 0 Å². The molecule has 104 valence electrons. The highest BCUT2D eigenvalue weighted by molar-refractivity contribution is 5.81. The molecule has 6 nitrogen and oxygen atoms in total. The minimum atomic E-state index is -0.844. The fourth-order valence-electron chi connectivity index (χ4n) is 1.14. The molecule has 1 saturated heterocycles. The molecule has 1 N–H and O–H groups in total. The van der Waals surface area contributed by atoms with Crippen molar-refractivity contribution in [1.29, 1.82) is 0 Å². The summed E-state index contributed by atoms with van der Waals surface area (Å²) in [5.41, 5.74) is 0. The summed E-state index contributed by atoms with van der Waals surface area (Å²) in [6, 6.07) is 0. The zero-order valence-electron chi connectivity index (χ0n) is 10.5. The molecule has 3 unspecified atom stereocenters. The van der Waals surface area contributed by atoms with Crippen LogP contribution in [0.3, 0.4) is 0 Å². The van der Waals surface area contributed by atoms with Crippen molar-refractivity contribution >= 4 is 5.97 Å². The van der Waals surface area contributed by atoms with Crippen LogP contribution >= 0.6 is 0 Å². The van der Waals surface area contributed by atoms with E-state index in [9.17, 15) is 9.90 Å². The van der Waals surface area contributed by atoms with E-state index in [1.54, 1.807) is 0 Å². The second-order valence-electron chi connectivity index (χ2n) is 4.12. The van der Waals surface area contributed by atoms with Crippen LogP contribution in [0.15, 0.2) is 12.7 Å². The van der Waals surface area contributed by atoms with Crippen molar-refractivity contribution in [2.75, 3.05) is 33.0 Å². The van der Waals surface area contributed by atoms with Crippen molar-refractivity contribution in [3.63, 3.8) is 0 Å². The van der Waals surface area contributed by atoms with E-state index in [2.05, 4.69) is 11.3 Å². The number of aliphatic hydroxyl groups excluding tert-OH is 1. The highest BCUT2D eigenvalue weighted by atomic mass is 16.6. The third-order valence-electron chi connectivity index (χ3n) is 2.22. The SMILES string of the molecule is C=CC(=O)OCC(O)COC(C)COCC1CO1. The van der Waals surface area contributed by atoms with Crippen molar-refractivity contribution in [1.82, 2.24) is 0 Å². The summed E-state index contributed by atoms with van der Waals surface area (Å²) in [7, 11) is 0. The Kier molecular flexibility index (Phi) is 6.89. The van der Waals surface area contributed by atoms with Crippen LogP contribution in [-0.4, -0.2) is 62.4 Å². The predicted molar refractivity (Wildman–Crippen MR) is 63.1 cm³/mol. The number of rotatable bonds is 10. The zero-order valence-corrected chi connectivity index (χ0v) is 10.5. The van der Waals surface area contributed by atoms with Gasteiger partial charge in [0.05, 0.1) is 32.5 Å². The Balaban J connectivity index is 1.96. The molecule has 18 heavy (non-hydrogen) atoms. The smallest absolute Gasteiger partial charge is 0.330 e. The molecule has 0 amide bonds. The molecular weight excluding hydrogens is 240 g/mol. The van der Waals surface area contributed by atoms with Gasteiger partial charge in [0, 0.05) is 6.08 Å². The molecule has 0 spiro atoms. The van der Waals surface area contributed by atoms with Crippen LogP contribution in [0.4, 0.5) is 0 Å². The molecule has 0 bridgehead atoms. The van der Waals surface area contributed by atoms with Gasteiger partial charge in [-0.2, -0.15) is 0 Å². The first-order valence-corrected chi connectivity index (χ1v) is 5.90. The van der Waals surface area contributed by atoms with E-state index < -0.39 is 12.1 Å². The Morgan fingerprint density at radius 2 is 2.28 bits per heavy atom. The van der Waals surface area contributed by atoms with E-state index in [-0.39, 0.29) is 25.4 Å². The van der Waals surface area contributed by atoms with E-state index in [1.807, 2.05) is 6.92 Å². The Morgan fingerprint density at radius 1 is 1.56 bits per heavy atom. The molecule has 0 saturated carbocycles. The molecule has 0 aliphatic carbocycles. The van der Waals surface area contributed by atoms with Crippen LogP contribution in [0.2, 0.25) is 0 Å². The summed E-state index contributed by atoms with van der Waals surface area (Å²) in [6.07, 6.45) is 0.307. The van der Waals surface area contributed by atoms with Gasteiger partial charge in [-0.3, -0.25) is 0 Å². The van der Waals surface area contributed by atoms with Crippen LogP contribution in [0.25, 0.3) is 0 Å². The molecule has 6 heteroatoms. The molecule has 1 rings (SSSR count). The number of aliphatic hydroxyl groups is 1. The molecule has 1 fully saturated rings. The number of hydrogen-bond donors (Lipinski definition) is 1. The topological polar surface area (TPSA) is 77.5 Å². The van der Waals surface area contributed by atoms with Crippen LogP contribution < -0.4 is 0 Å². The van der Waals surface area contributed by atoms with Gasteiger partial charge in [-0.1, -0.05) is 6.58 Å². The van der Waals surface area contributed by atoms with Crippen molar-refractivity contribution in [3.05, 3.63) is 12.7 Å². The lowest BCUT2D eigenvalue weighted by Gasteiger charge is -2.16. The third kappa shape index (κ3) is 7.39. The minimum Gasteiger partial charge on any atom is -0.460 e. The van der Waals surface area contributed by atoms with Crippen molar-refractivity contribution in [3.8, 4) is 0 Å². The summed E-state index contributed by atoms with van der Waals surface area (Å²) in [5, 5.41) is 9.47. The quantitative estimate of drug-likeness (QED) is 0.336. The molecule has 0 aromatic carbocycles. The molecule has 1 aliphatic heterocycles. The lowest BCUT2D eigenvalue weighted by Crippen LogP contribution is -2.27. The minimum absolute atomic E-state index is 0.0921.